The first-order chi connectivity index (χ1) is 7.29. The molecule has 15 heavy (non-hydrogen) atoms. The number of anilines is 1. The number of hydrogen-bond donors (Lipinski definition) is 3. The zero-order valence-electron chi connectivity index (χ0n) is 8.74. The maximum Gasteiger partial charge on any atom is 0.0480 e. The molecule has 0 radical (unpaired) electrons. The highest BCUT2D eigenvalue weighted by molar-refractivity contribution is 5.48. The summed E-state index contributed by atoms with van der Waals surface area (Å²) in [4.78, 5) is 0. The van der Waals surface area contributed by atoms with Gasteiger partial charge >= 0.3 is 0 Å². The van der Waals surface area contributed by atoms with Crippen LogP contribution in [0.3, 0.4) is 0 Å². The SMILES string of the molecule is C#CCCCC(NN)c1ccccc1N. The van der Waals surface area contributed by atoms with E-state index in [0.717, 1.165) is 30.5 Å². The lowest BCUT2D eigenvalue weighted by Gasteiger charge is -2.17. The number of benzene rings is 1. The van der Waals surface area contributed by atoms with Crippen LogP contribution in [0, 0.1) is 12.3 Å². The van der Waals surface area contributed by atoms with E-state index in [0.29, 0.717) is 0 Å². The topological polar surface area (TPSA) is 64.1 Å². The van der Waals surface area contributed by atoms with Crippen molar-refractivity contribution in [3.05, 3.63) is 29.8 Å². The Labute approximate surface area is 90.8 Å². The average Bonchev–Trinajstić information content (AvgIpc) is 2.26. The molecule has 0 fully saturated rings. The third kappa shape index (κ3) is 3.28. The van der Waals surface area contributed by atoms with Crippen LogP contribution in [0.2, 0.25) is 0 Å². The summed E-state index contributed by atoms with van der Waals surface area (Å²) >= 11 is 0. The smallest absolute Gasteiger partial charge is 0.0480 e. The molecule has 1 aromatic rings. The number of hydrogen-bond acceptors (Lipinski definition) is 3. The lowest BCUT2D eigenvalue weighted by Crippen LogP contribution is -2.28. The minimum absolute atomic E-state index is 0.0829. The molecule has 0 aliphatic heterocycles. The van der Waals surface area contributed by atoms with Crippen molar-refractivity contribution in [3.63, 3.8) is 0 Å². The van der Waals surface area contributed by atoms with Gasteiger partial charge < -0.3 is 5.73 Å². The van der Waals surface area contributed by atoms with Crippen LogP contribution in [0.5, 0.6) is 0 Å². The quantitative estimate of drug-likeness (QED) is 0.224. The van der Waals surface area contributed by atoms with E-state index in [2.05, 4.69) is 11.3 Å². The Morgan fingerprint density at radius 3 is 2.73 bits per heavy atom. The number of nitrogen functional groups attached to an aromatic ring is 1. The van der Waals surface area contributed by atoms with E-state index in [1.54, 1.807) is 0 Å². The van der Waals surface area contributed by atoms with E-state index >= 15 is 0 Å². The van der Waals surface area contributed by atoms with Crippen LogP contribution < -0.4 is 17.0 Å². The molecule has 0 saturated heterocycles. The molecule has 0 spiro atoms. The second-order valence-corrected chi connectivity index (χ2v) is 3.44. The Hall–Kier alpha value is -1.50. The molecule has 3 nitrogen and oxygen atoms in total. The molecule has 0 amide bonds. The van der Waals surface area contributed by atoms with Crippen molar-refractivity contribution in [2.75, 3.05) is 5.73 Å². The van der Waals surface area contributed by atoms with E-state index in [1.165, 1.54) is 0 Å². The maximum absolute atomic E-state index is 5.87. The fourth-order valence-electron chi connectivity index (χ4n) is 1.57. The molecule has 5 N–H and O–H groups in total. The van der Waals surface area contributed by atoms with Gasteiger partial charge in [-0.2, -0.15) is 0 Å². The van der Waals surface area contributed by atoms with Gasteiger partial charge in [0.25, 0.3) is 0 Å². The molecule has 0 aliphatic carbocycles. The van der Waals surface area contributed by atoms with Gasteiger partial charge in [-0.25, -0.2) is 0 Å². The molecule has 0 bridgehead atoms. The van der Waals surface area contributed by atoms with E-state index in [-0.39, 0.29) is 6.04 Å². The number of rotatable bonds is 5. The molecule has 1 unspecified atom stereocenters. The van der Waals surface area contributed by atoms with Gasteiger partial charge in [-0.1, -0.05) is 18.2 Å². The molecule has 1 aromatic carbocycles. The van der Waals surface area contributed by atoms with E-state index < -0.39 is 0 Å². The summed E-state index contributed by atoms with van der Waals surface area (Å²) in [6, 6.07) is 7.81. The standard InChI is InChI=1S/C12H17N3/c1-2-3-4-9-12(15-14)10-7-5-6-8-11(10)13/h1,5-8,12,15H,3-4,9,13-14H2. The maximum atomic E-state index is 5.87. The molecule has 1 atom stereocenters. The number of unbranched alkanes of at least 4 members (excludes halogenated alkanes) is 1. The number of nitrogens with two attached hydrogens (primary N) is 2. The summed E-state index contributed by atoms with van der Waals surface area (Å²) in [6.07, 6.45) is 7.81. The predicted octanol–water partition coefficient (Wildman–Crippen LogP) is 1.58. The normalized spacial score (nSPS) is 12.0. The molecule has 0 saturated carbocycles. The molecule has 0 heterocycles. The summed E-state index contributed by atoms with van der Waals surface area (Å²) in [5.41, 5.74) is 10.4. The second kappa shape index (κ2) is 6.07. The van der Waals surface area contributed by atoms with Gasteiger partial charge in [-0.05, 0) is 24.5 Å². The first-order valence-corrected chi connectivity index (χ1v) is 5.03. The van der Waals surface area contributed by atoms with Gasteiger partial charge in [0.15, 0.2) is 0 Å². The van der Waals surface area contributed by atoms with Crippen LogP contribution in [-0.2, 0) is 0 Å². The zero-order chi connectivity index (χ0) is 11.1. The summed E-state index contributed by atoms with van der Waals surface area (Å²) in [6.45, 7) is 0. The van der Waals surface area contributed by atoms with Gasteiger partial charge in [0.2, 0.25) is 0 Å². The van der Waals surface area contributed by atoms with Gasteiger partial charge in [0.05, 0.1) is 0 Å². The number of hydrazine groups is 1. The molecule has 0 aliphatic rings. The lowest BCUT2D eigenvalue weighted by atomic mass is 10.00. The van der Waals surface area contributed by atoms with Crippen LogP contribution in [0.25, 0.3) is 0 Å². The Balaban J connectivity index is 2.66. The number of terminal acetylenes is 1. The van der Waals surface area contributed by atoms with Crippen LogP contribution in [0.4, 0.5) is 5.69 Å². The highest BCUT2D eigenvalue weighted by atomic mass is 15.2. The Morgan fingerprint density at radius 1 is 1.40 bits per heavy atom. The van der Waals surface area contributed by atoms with Crippen molar-refractivity contribution in [2.24, 2.45) is 5.84 Å². The summed E-state index contributed by atoms with van der Waals surface area (Å²) in [7, 11) is 0. The van der Waals surface area contributed by atoms with Crippen molar-refractivity contribution in [3.8, 4) is 12.3 Å². The molecule has 0 aromatic heterocycles. The summed E-state index contributed by atoms with van der Waals surface area (Å²) in [5, 5.41) is 0. The largest absolute Gasteiger partial charge is 0.398 e. The highest BCUT2D eigenvalue weighted by Gasteiger charge is 2.11. The first-order valence-electron chi connectivity index (χ1n) is 5.03. The summed E-state index contributed by atoms with van der Waals surface area (Å²) < 4.78 is 0. The van der Waals surface area contributed by atoms with Crippen molar-refractivity contribution in [1.29, 1.82) is 0 Å². The van der Waals surface area contributed by atoms with Crippen molar-refractivity contribution in [1.82, 2.24) is 5.43 Å². The average molecular weight is 203 g/mol. The molecule has 80 valence electrons. The Bertz CT molecular complexity index is 341. The third-order valence-corrected chi connectivity index (χ3v) is 2.39. The lowest BCUT2D eigenvalue weighted by molar-refractivity contribution is 0.504. The number of nitrogens with one attached hydrogen (secondary N) is 1. The Morgan fingerprint density at radius 2 is 2.13 bits per heavy atom. The van der Waals surface area contributed by atoms with Gasteiger partial charge in [-0.15, -0.1) is 12.3 Å². The molecule has 3 heteroatoms. The number of para-hydroxylation sites is 1. The fourth-order valence-corrected chi connectivity index (χ4v) is 1.57. The minimum atomic E-state index is 0.0829. The fraction of sp³-hybridized carbons (Fsp3) is 0.333. The monoisotopic (exact) mass is 203 g/mol. The van der Waals surface area contributed by atoms with E-state index in [4.69, 9.17) is 18.0 Å². The van der Waals surface area contributed by atoms with Gasteiger partial charge in [0.1, 0.15) is 0 Å². The van der Waals surface area contributed by atoms with Crippen molar-refractivity contribution < 1.29 is 0 Å². The predicted molar refractivity (Wildman–Crippen MR) is 63.6 cm³/mol. The van der Waals surface area contributed by atoms with Gasteiger partial charge in [0, 0.05) is 18.2 Å². The van der Waals surface area contributed by atoms with Gasteiger partial charge in [-0.3, -0.25) is 11.3 Å². The Kier molecular flexibility index (Phi) is 4.69. The molecule has 1 rings (SSSR count). The van der Waals surface area contributed by atoms with Crippen molar-refractivity contribution >= 4 is 5.69 Å². The van der Waals surface area contributed by atoms with Crippen LogP contribution in [0.15, 0.2) is 24.3 Å². The highest BCUT2D eigenvalue weighted by Crippen LogP contribution is 2.23. The summed E-state index contributed by atoms with van der Waals surface area (Å²) in [5.74, 6) is 8.11. The second-order valence-electron chi connectivity index (χ2n) is 3.44. The van der Waals surface area contributed by atoms with E-state index in [9.17, 15) is 0 Å². The van der Waals surface area contributed by atoms with Crippen LogP contribution >= 0.6 is 0 Å². The molecular formula is C12H17N3. The third-order valence-electron chi connectivity index (χ3n) is 2.39. The minimum Gasteiger partial charge on any atom is -0.398 e. The zero-order valence-corrected chi connectivity index (χ0v) is 8.74. The molecular weight excluding hydrogens is 186 g/mol. The van der Waals surface area contributed by atoms with Crippen LogP contribution in [-0.4, -0.2) is 0 Å². The first kappa shape index (κ1) is 11.6. The van der Waals surface area contributed by atoms with Crippen molar-refractivity contribution in [2.45, 2.75) is 25.3 Å². The van der Waals surface area contributed by atoms with Crippen LogP contribution in [0.1, 0.15) is 30.9 Å². The van der Waals surface area contributed by atoms with E-state index in [1.807, 2.05) is 24.3 Å².